The van der Waals surface area contributed by atoms with Gasteiger partial charge in [-0.15, -0.1) is 0 Å². The van der Waals surface area contributed by atoms with Gasteiger partial charge < -0.3 is 4.74 Å². The number of ether oxygens (including phenoxy) is 1. The molecule has 1 aliphatic rings. The van der Waals surface area contributed by atoms with E-state index in [-0.39, 0.29) is 5.97 Å². The minimum atomic E-state index is 0.00979. The first-order valence-corrected chi connectivity index (χ1v) is 9.78. The third-order valence-electron chi connectivity index (χ3n) is 3.87. The lowest BCUT2D eigenvalue weighted by Gasteiger charge is -2.05. The van der Waals surface area contributed by atoms with E-state index in [0.29, 0.717) is 13.0 Å². The first-order valence-electron chi connectivity index (χ1n) is 8.63. The summed E-state index contributed by atoms with van der Waals surface area (Å²) < 4.78 is 5.26. The van der Waals surface area contributed by atoms with Crippen molar-refractivity contribution in [3.8, 4) is 0 Å². The van der Waals surface area contributed by atoms with Crippen molar-refractivity contribution < 1.29 is 9.53 Å². The second kappa shape index (κ2) is 13.8. The van der Waals surface area contributed by atoms with E-state index in [1.165, 1.54) is 75.7 Å². The van der Waals surface area contributed by atoms with Gasteiger partial charge in [0.25, 0.3) is 0 Å². The predicted molar refractivity (Wildman–Crippen MR) is 88.3 cm³/mol. The Morgan fingerprint density at radius 2 is 1.15 bits per heavy atom. The highest BCUT2D eigenvalue weighted by molar-refractivity contribution is 7.99. The minimum absolute atomic E-state index is 0.00979. The molecule has 3 heteroatoms. The summed E-state index contributed by atoms with van der Waals surface area (Å²) in [4.78, 5) is 11.5. The Balaban J connectivity index is 2.10. The van der Waals surface area contributed by atoms with E-state index in [2.05, 4.69) is 11.8 Å². The molecule has 0 amide bonds. The first kappa shape index (κ1) is 17.9. The molecular formula is C17H32O2S. The van der Waals surface area contributed by atoms with Crippen LogP contribution < -0.4 is 0 Å². The van der Waals surface area contributed by atoms with E-state index in [1.807, 2.05) is 0 Å². The predicted octanol–water partition coefficient (Wildman–Crippen LogP) is 5.35. The number of hydrogen-bond donors (Lipinski definition) is 0. The normalized spacial score (nSPS) is 23.1. The summed E-state index contributed by atoms with van der Waals surface area (Å²) in [7, 11) is 0. The summed E-state index contributed by atoms with van der Waals surface area (Å²) in [5.74, 6) is 2.53. The van der Waals surface area contributed by atoms with Crippen molar-refractivity contribution in [3.05, 3.63) is 0 Å². The molecular weight excluding hydrogens is 268 g/mol. The molecule has 1 aliphatic heterocycles. The molecule has 0 spiro atoms. The van der Waals surface area contributed by atoms with Gasteiger partial charge in [0.05, 0.1) is 6.61 Å². The van der Waals surface area contributed by atoms with Gasteiger partial charge >= 0.3 is 5.97 Å². The summed E-state index contributed by atoms with van der Waals surface area (Å²) in [5.41, 5.74) is 0. The molecule has 2 nitrogen and oxygen atoms in total. The van der Waals surface area contributed by atoms with Crippen LogP contribution >= 0.6 is 11.8 Å². The molecule has 20 heavy (non-hydrogen) atoms. The summed E-state index contributed by atoms with van der Waals surface area (Å²) >= 11 is 2.06. The number of cyclic esters (lactones) is 1. The Hall–Kier alpha value is -0.180. The van der Waals surface area contributed by atoms with Gasteiger partial charge in [0.15, 0.2) is 0 Å². The van der Waals surface area contributed by atoms with Crippen LogP contribution in [0.3, 0.4) is 0 Å². The third kappa shape index (κ3) is 11.6. The Labute approximate surface area is 129 Å². The minimum Gasteiger partial charge on any atom is -0.466 e. The standard InChI is InChI=1S/C17H32O2S/c18-17-13-9-7-5-3-1-2-4-6-8-11-15-20-16-12-10-14-19-17/h1-16H2. The number of carbonyl (C=O) groups excluding carboxylic acids is 1. The number of rotatable bonds is 0. The van der Waals surface area contributed by atoms with Crippen molar-refractivity contribution in [3.63, 3.8) is 0 Å². The zero-order valence-corrected chi connectivity index (χ0v) is 13.9. The summed E-state index contributed by atoms with van der Waals surface area (Å²) in [6.07, 6.45) is 16.0. The largest absolute Gasteiger partial charge is 0.466 e. The van der Waals surface area contributed by atoms with Crippen molar-refractivity contribution in [2.75, 3.05) is 18.1 Å². The molecule has 0 atom stereocenters. The average molecular weight is 301 g/mol. The quantitative estimate of drug-likeness (QED) is 0.564. The van der Waals surface area contributed by atoms with Gasteiger partial charge in [-0.25, -0.2) is 0 Å². The molecule has 1 rings (SSSR count). The molecule has 0 aliphatic carbocycles. The lowest BCUT2D eigenvalue weighted by atomic mass is 10.1. The van der Waals surface area contributed by atoms with Crippen molar-refractivity contribution in [2.45, 2.75) is 83.5 Å². The average Bonchev–Trinajstić information content (AvgIpc) is 2.45. The third-order valence-corrected chi connectivity index (χ3v) is 5.02. The molecule has 1 saturated heterocycles. The van der Waals surface area contributed by atoms with Crippen molar-refractivity contribution in [2.24, 2.45) is 0 Å². The van der Waals surface area contributed by atoms with Crippen LogP contribution in [0.5, 0.6) is 0 Å². The van der Waals surface area contributed by atoms with Crippen molar-refractivity contribution >= 4 is 17.7 Å². The Morgan fingerprint density at radius 3 is 1.80 bits per heavy atom. The number of hydrogen-bond acceptors (Lipinski definition) is 3. The molecule has 0 unspecified atom stereocenters. The fourth-order valence-corrected chi connectivity index (χ4v) is 3.57. The van der Waals surface area contributed by atoms with Crippen LogP contribution in [0, 0.1) is 0 Å². The van der Waals surface area contributed by atoms with Crippen LogP contribution in [0.2, 0.25) is 0 Å². The smallest absolute Gasteiger partial charge is 0.305 e. The number of thioether (sulfide) groups is 1. The Bertz CT molecular complexity index is 209. The van der Waals surface area contributed by atoms with Gasteiger partial charge in [-0.3, -0.25) is 4.79 Å². The highest BCUT2D eigenvalue weighted by Gasteiger charge is 2.02. The monoisotopic (exact) mass is 300 g/mol. The molecule has 0 aromatic carbocycles. The summed E-state index contributed by atoms with van der Waals surface area (Å²) in [6, 6.07) is 0. The maximum atomic E-state index is 11.5. The maximum absolute atomic E-state index is 11.5. The zero-order chi connectivity index (χ0) is 14.3. The van der Waals surface area contributed by atoms with Crippen LogP contribution in [-0.4, -0.2) is 24.1 Å². The maximum Gasteiger partial charge on any atom is 0.305 e. The van der Waals surface area contributed by atoms with Crippen molar-refractivity contribution in [1.82, 2.24) is 0 Å². The number of carbonyl (C=O) groups is 1. The fourth-order valence-electron chi connectivity index (χ4n) is 2.55. The van der Waals surface area contributed by atoms with E-state index in [9.17, 15) is 4.79 Å². The van der Waals surface area contributed by atoms with Gasteiger partial charge in [0.2, 0.25) is 0 Å². The highest BCUT2D eigenvalue weighted by Crippen LogP contribution is 2.14. The molecule has 1 heterocycles. The lowest BCUT2D eigenvalue weighted by molar-refractivity contribution is -0.143. The second-order valence-corrected chi connectivity index (χ2v) is 7.05. The van der Waals surface area contributed by atoms with E-state index in [4.69, 9.17) is 4.74 Å². The van der Waals surface area contributed by atoms with Crippen LogP contribution in [0.1, 0.15) is 83.5 Å². The summed E-state index contributed by atoms with van der Waals surface area (Å²) in [5, 5.41) is 0. The van der Waals surface area contributed by atoms with E-state index < -0.39 is 0 Å². The SMILES string of the molecule is O=C1CCCCCCCCCCCCSCCCCO1. The molecule has 0 aromatic rings. The van der Waals surface area contributed by atoms with Gasteiger partial charge in [-0.1, -0.05) is 51.4 Å². The van der Waals surface area contributed by atoms with Gasteiger partial charge in [-0.2, -0.15) is 11.8 Å². The first-order chi connectivity index (χ1) is 9.89. The van der Waals surface area contributed by atoms with Crippen LogP contribution in [-0.2, 0) is 9.53 Å². The van der Waals surface area contributed by atoms with Crippen LogP contribution in [0.15, 0.2) is 0 Å². The fraction of sp³-hybridized carbons (Fsp3) is 0.941. The van der Waals surface area contributed by atoms with Crippen LogP contribution in [0.4, 0.5) is 0 Å². The molecule has 0 radical (unpaired) electrons. The molecule has 118 valence electrons. The molecule has 0 aromatic heterocycles. The topological polar surface area (TPSA) is 26.3 Å². The van der Waals surface area contributed by atoms with Crippen molar-refractivity contribution in [1.29, 1.82) is 0 Å². The number of esters is 1. The molecule has 0 saturated carbocycles. The highest BCUT2D eigenvalue weighted by atomic mass is 32.2. The van der Waals surface area contributed by atoms with E-state index in [0.717, 1.165) is 12.8 Å². The van der Waals surface area contributed by atoms with E-state index >= 15 is 0 Å². The zero-order valence-electron chi connectivity index (χ0n) is 13.0. The summed E-state index contributed by atoms with van der Waals surface area (Å²) in [6.45, 7) is 0.624. The second-order valence-electron chi connectivity index (χ2n) is 5.83. The Morgan fingerprint density at radius 1 is 0.650 bits per heavy atom. The van der Waals surface area contributed by atoms with Crippen LogP contribution in [0.25, 0.3) is 0 Å². The van der Waals surface area contributed by atoms with Gasteiger partial charge in [-0.05, 0) is 37.2 Å². The lowest BCUT2D eigenvalue weighted by Crippen LogP contribution is -2.05. The molecule has 0 N–H and O–H groups in total. The molecule has 1 fully saturated rings. The molecule has 0 bridgehead atoms. The Kier molecular flexibility index (Phi) is 12.3. The van der Waals surface area contributed by atoms with Gasteiger partial charge in [0.1, 0.15) is 0 Å². The van der Waals surface area contributed by atoms with E-state index in [1.54, 1.807) is 0 Å². The van der Waals surface area contributed by atoms with Gasteiger partial charge in [0, 0.05) is 6.42 Å².